The van der Waals surface area contributed by atoms with Crippen LogP contribution < -0.4 is 0 Å². The summed E-state index contributed by atoms with van der Waals surface area (Å²) in [5, 5.41) is 1.70. The summed E-state index contributed by atoms with van der Waals surface area (Å²) in [7, 11) is 0. The Morgan fingerprint density at radius 1 is 1.73 bits per heavy atom. The minimum atomic E-state index is -0.186. The van der Waals surface area contributed by atoms with Gasteiger partial charge in [0.25, 0.3) is 0 Å². The van der Waals surface area contributed by atoms with Crippen LogP contribution in [0.3, 0.4) is 0 Å². The third kappa shape index (κ3) is 2.46. The van der Waals surface area contributed by atoms with Crippen LogP contribution in [0.15, 0.2) is 0 Å². The van der Waals surface area contributed by atoms with Crippen molar-refractivity contribution in [2.24, 2.45) is 0 Å². The highest BCUT2D eigenvalue weighted by Gasteiger charge is 2.20. The summed E-state index contributed by atoms with van der Waals surface area (Å²) in [6, 6.07) is 0. The Morgan fingerprint density at radius 2 is 2.55 bits per heavy atom. The van der Waals surface area contributed by atoms with Crippen LogP contribution in [0.1, 0.15) is 12.8 Å². The predicted octanol–water partition coefficient (Wildman–Crippen LogP) is 1.22. The van der Waals surface area contributed by atoms with Crippen molar-refractivity contribution in [3.05, 3.63) is 0 Å². The summed E-state index contributed by atoms with van der Waals surface area (Å²) in [5.41, 5.74) is 0. The summed E-state index contributed by atoms with van der Waals surface area (Å²) < 4.78 is 4.75. The van der Waals surface area contributed by atoms with E-state index in [1.165, 1.54) is 0 Å². The molecule has 1 fully saturated rings. The molecule has 0 atom stereocenters. The highest BCUT2D eigenvalue weighted by molar-refractivity contribution is 7.78. The number of thiocarbonyl (C=S) groups is 1. The number of hydrogen-bond acceptors (Lipinski definition) is 3. The van der Waals surface area contributed by atoms with E-state index in [1.807, 2.05) is 0 Å². The van der Waals surface area contributed by atoms with E-state index in [1.54, 1.807) is 10.3 Å². The second kappa shape index (κ2) is 4.28. The quantitative estimate of drug-likeness (QED) is 0.473. The Bertz CT molecular complexity index is 161. The van der Waals surface area contributed by atoms with Gasteiger partial charge in [0.2, 0.25) is 0 Å². The maximum Gasteiger partial charge on any atom is 0.409 e. The van der Waals surface area contributed by atoms with Crippen LogP contribution >= 0.6 is 12.2 Å². The zero-order valence-corrected chi connectivity index (χ0v) is 7.10. The molecule has 0 aromatic heterocycles. The molecular formula is C7H11NO2S. The van der Waals surface area contributed by atoms with Crippen molar-refractivity contribution in [2.45, 2.75) is 12.8 Å². The van der Waals surface area contributed by atoms with E-state index in [4.69, 9.17) is 4.74 Å². The number of amides is 1. The highest BCUT2D eigenvalue weighted by atomic mass is 32.1. The molecule has 1 aliphatic heterocycles. The highest BCUT2D eigenvalue weighted by Crippen LogP contribution is 2.04. The van der Waals surface area contributed by atoms with Crippen LogP contribution in [0.2, 0.25) is 0 Å². The minimum Gasteiger partial charge on any atom is -0.448 e. The number of cyclic esters (lactones) is 1. The van der Waals surface area contributed by atoms with Crippen molar-refractivity contribution >= 4 is 23.7 Å². The van der Waals surface area contributed by atoms with E-state index in [-0.39, 0.29) is 6.09 Å². The third-order valence-electron chi connectivity index (χ3n) is 1.59. The summed E-state index contributed by atoms with van der Waals surface area (Å²) in [4.78, 5) is 12.5. The Hall–Kier alpha value is -0.640. The summed E-state index contributed by atoms with van der Waals surface area (Å²) >= 11 is 4.66. The van der Waals surface area contributed by atoms with E-state index in [2.05, 4.69) is 12.2 Å². The van der Waals surface area contributed by atoms with Gasteiger partial charge in [-0.05, 0) is 18.2 Å². The van der Waals surface area contributed by atoms with Gasteiger partial charge < -0.3 is 9.64 Å². The van der Waals surface area contributed by atoms with Gasteiger partial charge in [0, 0.05) is 6.54 Å². The lowest BCUT2D eigenvalue weighted by atomic mass is 10.3. The SMILES string of the molecule is O=C1OCCN1CCCC=S. The van der Waals surface area contributed by atoms with Crippen molar-refractivity contribution in [3.63, 3.8) is 0 Å². The number of unbranched alkanes of at least 4 members (excludes halogenated alkanes) is 1. The first-order valence-electron chi connectivity index (χ1n) is 3.70. The number of ether oxygens (including phenoxy) is 1. The molecule has 1 aliphatic rings. The molecule has 0 radical (unpaired) electrons. The number of nitrogens with zero attached hydrogens (tertiary/aromatic N) is 1. The van der Waals surface area contributed by atoms with Crippen molar-refractivity contribution in [3.8, 4) is 0 Å². The lowest BCUT2D eigenvalue weighted by molar-refractivity contribution is 0.158. The molecule has 0 aromatic carbocycles. The van der Waals surface area contributed by atoms with E-state index in [0.29, 0.717) is 6.61 Å². The van der Waals surface area contributed by atoms with Crippen LogP contribution in [-0.4, -0.2) is 36.1 Å². The normalized spacial score (nSPS) is 16.7. The largest absolute Gasteiger partial charge is 0.448 e. The topological polar surface area (TPSA) is 29.5 Å². The molecule has 0 N–H and O–H groups in total. The van der Waals surface area contributed by atoms with Crippen molar-refractivity contribution in [1.29, 1.82) is 0 Å². The van der Waals surface area contributed by atoms with E-state index < -0.39 is 0 Å². The average Bonchev–Trinajstić information content (AvgIpc) is 2.37. The monoisotopic (exact) mass is 173 g/mol. The zero-order valence-electron chi connectivity index (χ0n) is 6.28. The third-order valence-corrected chi connectivity index (χ3v) is 1.83. The molecule has 0 spiro atoms. The van der Waals surface area contributed by atoms with Gasteiger partial charge in [-0.15, -0.1) is 0 Å². The van der Waals surface area contributed by atoms with Gasteiger partial charge in [-0.2, -0.15) is 0 Å². The molecule has 3 nitrogen and oxygen atoms in total. The molecule has 62 valence electrons. The van der Waals surface area contributed by atoms with Gasteiger partial charge in [-0.25, -0.2) is 4.79 Å². The lowest BCUT2D eigenvalue weighted by Gasteiger charge is -2.10. The molecule has 1 rings (SSSR count). The summed E-state index contributed by atoms with van der Waals surface area (Å²) in [6.45, 7) is 2.04. The molecular weight excluding hydrogens is 162 g/mol. The van der Waals surface area contributed by atoms with Crippen LogP contribution in [0, 0.1) is 0 Å². The van der Waals surface area contributed by atoms with E-state index in [9.17, 15) is 4.79 Å². The molecule has 0 saturated carbocycles. The number of carbonyl (C=O) groups is 1. The Balaban J connectivity index is 2.15. The Kier molecular flexibility index (Phi) is 3.29. The van der Waals surface area contributed by atoms with Gasteiger partial charge in [0.05, 0.1) is 6.54 Å². The second-order valence-electron chi connectivity index (χ2n) is 2.41. The van der Waals surface area contributed by atoms with Gasteiger partial charge in [-0.1, -0.05) is 12.2 Å². The molecule has 4 heteroatoms. The molecule has 1 saturated heterocycles. The molecule has 0 aromatic rings. The minimum absolute atomic E-state index is 0.186. The second-order valence-corrected chi connectivity index (χ2v) is 2.74. The Labute approximate surface area is 71.3 Å². The Morgan fingerprint density at radius 3 is 3.09 bits per heavy atom. The predicted molar refractivity (Wildman–Crippen MR) is 45.8 cm³/mol. The van der Waals surface area contributed by atoms with E-state index in [0.717, 1.165) is 25.9 Å². The molecule has 0 bridgehead atoms. The number of hydrogen-bond donors (Lipinski definition) is 0. The first-order chi connectivity index (χ1) is 5.34. The van der Waals surface area contributed by atoms with Crippen molar-refractivity contribution in [1.82, 2.24) is 4.90 Å². The fraction of sp³-hybridized carbons (Fsp3) is 0.714. The van der Waals surface area contributed by atoms with Crippen LogP contribution in [-0.2, 0) is 4.74 Å². The summed E-state index contributed by atoms with van der Waals surface area (Å²) in [6.07, 6.45) is 1.65. The van der Waals surface area contributed by atoms with Crippen LogP contribution in [0.4, 0.5) is 4.79 Å². The maximum absolute atomic E-state index is 10.8. The first kappa shape index (κ1) is 8.46. The summed E-state index contributed by atoms with van der Waals surface area (Å²) in [5.74, 6) is 0. The van der Waals surface area contributed by atoms with Crippen molar-refractivity contribution < 1.29 is 9.53 Å². The van der Waals surface area contributed by atoms with E-state index >= 15 is 0 Å². The number of carbonyl (C=O) groups excluding carboxylic acids is 1. The van der Waals surface area contributed by atoms with Gasteiger partial charge in [0.1, 0.15) is 6.61 Å². The van der Waals surface area contributed by atoms with Gasteiger partial charge in [-0.3, -0.25) is 0 Å². The average molecular weight is 173 g/mol. The number of rotatable bonds is 4. The zero-order chi connectivity index (χ0) is 8.10. The smallest absolute Gasteiger partial charge is 0.409 e. The van der Waals surface area contributed by atoms with Gasteiger partial charge >= 0.3 is 6.09 Å². The standard InChI is InChI=1S/C7H11NO2S/c9-7-8(4-5-10-7)3-1-2-6-11/h6H,1-5H2. The first-order valence-corrected chi connectivity index (χ1v) is 4.17. The fourth-order valence-corrected chi connectivity index (χ4v) is 1.16. The fourth-order valence-electron chi connectivity index (χ4n) is 0.994. The van der Waals surface area contributed by atoms with Crippen LogP contribution in [0.25, 0.3) is 0 Å². The van der Waals surface area contributed by atoms with Gasteiger partial charge in [0.15, 0.2) is 0 Å². The van der Waals surface area contributed by atoms with Crippen LogP contribution in [0.5, 0.6) is 0 Å². The maximum atomic E-state index is 10.8. The molecule has 1 heterocycles. The molecule has 11 heavy (non-hydrogen) atoms. The molecule has 0 unspecified atom stereocenters. The lowest BCUT2D eigenvalue weighted by Crippen LogP contribution is -2.25. The molecule has 1 amide bonds. The van der Waals surface area contributed by atoms with Crippen molar-refractivity contribution in [2.75, 3.05) is 19.7 Å². The molecule has 0 aliphatic carbocycles.